The van der Waals surface area contributed by atoms with Gasteiger partial charge in [-0.3, -0.25) is 4.79 Å². The Hall–Kier alpha value is -1.86. The number of carbonyl (C=O) groups is 2. The molecule has 0 spiro atoms. The van der Waals surface area contributed by atoms with E-state index in [9.17, 15) is 24.9 Å². The minimum absolute atomic E-state index is 0.142. The van der Waals surface area contributed by atoms with E-state index < -0.39 is 42.4 Å². The van der Waals surface area contributed by atoms with Crippen molar-refractivity contribution in [2.24, 2.45) is 5.92 Å². The largest absolute Gasteiger partial charge is 0.502 e. The third-order valence-corrected chi connectivity index (χ3v) is 5.72. The molecule has 4 N–H and O–H groups in total. The molecule has 0 saturated heterocycles. The molecule has 0 amide bonds. The van der Waals surface area contributed by atoms with Crippen LogP contribution in [-0.2, 0) is 14.3 Å². The lowest BCUT2D eigenvalue weighted by atomic mass is 9.87. The van der Waals surface area contributed by atoms with Crippen LogP contribution in [0.2, 0.25) is 0 Å². The highest BCUT2D eigenvalue weighted by Gasteiger charge is 2.44. The topological polar surface area (TPSA) is 124 Å². The van der Waals surface area contributed by atoms with Gasteiger partial charge in [-0.2, -0.15) is 0 Å². The molecular weight excluding hydrogens is 400 g/mol. The van der Waals surface area contributed by atoms with Crippen LogP contribution in [0.3, 0.4) is 0 Å². The number of carboxylic acid groups (broad SMARTS) is 1. The maximum absolute atomic E-state index is 11.7. The van der Waals surface area contributed by atoms with Crippen LogP contribution in [-0.4, -0.2) is 51.2 Å². The highest BCUT2D eigenvalue weighted by atomic mass is 16.6. The Kier molecular flexibility index (Phi) is 13.9. The van der Waals surface area contributed by atoms with Crippen LogP contribution in [0.4, 0.5) is 0 Å². The third-order valence-electron chi connectivity index (χ3n) is 5.72. The Bertz CT molecular complexity index is 597. The fraction of sp³-hybridized carbons (Fsp3) is 0.750. The van der Waals surface area contributed by atoms with E-state index >= 15 is 0 Å². The Morgan fingerprint density at radius 1 is 1.00 bits per heavy atom. The summed E-state index contributed by atoms with van der Waals surface area (Å²) in [6.45, 7) is 1.52. The molecule has 7 nitrogen and oxygen atoms in total. The number of esters is 1. The first-order chi connectivity index (χ1) is 14.9. The summed E-state index contributed by atoms with van der Waals surface area (Å²) in [5.41, 5.74) is -0.142. The lowest BCUT2D eigenvalue weighted by Crippen LogP contribution is -2.35. The van der Waals surface area contributed by atoms with E-state index in [4.69, 9.17) is 9.84 Å². The first-order valence-corrected chi connectivity index (χ1v) is 11.7. The second-order valence-electron chi connectivity index (χ2n) is 8.29. The molecular formula is C24H40O7. The van der Waals surface area contributed by atoms with Gasteiger partial charge < -0.3 is 25.2 Å². The summed E-state index contributed by atoms with van der Waals surface area (Å²) in [4.78, 5) is 23.3. The van der Waals surface area contributed by atoms with Crippen molar-refractivity contribution in [3.63, 3.8) is 0 Å². The lowest BCUT2D eigenvalue weighted by Gasteiger charge is -2.22. The Morgan fingerprint density at radius 3 is 2.10 bits per heavy atom. The number of aliphatic hydroxyl groups excluding tert-OH is 3. The molecule has 1 aliphatic rings. The van der Waals surface area contributed by atoms with E-state index in [1.54, 1.807) is 0 Å². The standard InChI is InChI=1S/C24H40O7/c1-2-3-4-5-6-7-8-9-10-11-12-13-14-15-16-18(23(28)29)20-21(27)24(30)31-22(20)19(26)17-25/h9-10,18-19,22,25-27H,2-8,11-17H2,1H3,(H,28,29)/b10-9-/t18-,19+,22+/m1/s1. The van der Waals surface area contributed by atoms with Gasteiger partial charge in [0.2, 0.25) is 5.76 Å². The second-order valence-corrected chi connectivity index (χ2v) is 8.29. The summed E-state index contributed by atoms with van der Waals surface area (Å²) >= 11 is 0. The van der Waals surface area contributed by atoms with Crippen molar-refractivity contribution < 1.29 is 34.8 Å². The zero-order valence-corrected chi connectivity index (χ0v) is 18.8. The Balaban J connectivity index is 2.28. The molecule has 0 radical (unpaired) electrons. The minimum Gasteiger partial charge on any atom is -0.502 e. The molecule has 0 aromatic heterocycles. The first-order valence-electron chi connectivity index (χ1n) is 11.7. The van der Waals surface area contributed by atoms with E-state index in [1.165, 1.54) is 38.5 Å². The van der Waals surface area contributed by atoms with Crippen LogP contribution in [0.5, 0.6) is 0 Å². The Morgan fingerprint density at radius 2 is 1.55 bits per heavy atom. The zero-order valence-electron chi connectivity index (χ0n) is 18.8. The van der Waals surface area contributed by atoms with Gasteiger partial charge >= 0.3 is 11.9 Å². The predicted molar refractivity (Wildman–Crippen MR) is 119 cm³/mol. The van der Waals surface area contributed by atoms with Gasteiger partial charge in [0, 0.05) is 5.57 Å². The monoisotopic (exact) mass is 440 g/mol. The highest BCUT2D eigenvalue weighted by molar-refractivity contribution is 5.92. The predicted octanol–water partition coefficient (Wildman–Crippen LogP) is 4.43. The number of allylic oxidation sites excluding steroid dienone is 2. The maximum Gasteiger partial charge on any atom is 0.374 e. The van der Waals surface area contributed by atoms with Crippen molar-refractivity contribution in [2.45, 2.75) is 103 Å². The van der Waals surface area contributed by atoms with Gasteiger partial charge in [0.25, 0.3) is 0 Å². The van der Waals surface area contributed by atoms with Gasteiger partial charge in [-0.1, -0.05) is 70.4 Å². The average molecular weight is 441 g/mol. The summed E-state index contributed by atoms with van der Waals surface area (Å²) in [6.07, 6.45) is 15.3. The van der Waals surface area contributed by atoms with Crippen LogP contribution < -0.4 is 0 Å². The van der Waals surface area contributed by atoms with Crippen LogP contribution in [0, 0.1) is 5.92 Å². The molecule has 1 rings (SSSR count). The van der Waals surface area contributed by atoms with E-state index in [2.05, 4.69) is 19.1 Å². The molecule has 1 aliphatic heterocycles. The zero-order chi connectivity index (χ0) is 23.1. The number of hydrogen-bond acceptors (Lipinski definition) is 6. The molecule has 31 heavy (non-hydrogen) atoms. The van der Waals surface area contributed by atoms with E-state index in [0.717, 1.165) is 32.1 Å². The van der Waals surface area contributed by atoms with Crippen LogP contribution in [0.25, 0.3) is 0 Å². The lowest BCUT2D eigenvalue weighted by molar-refractivity contribution is -0.148. The van der Waals surface area contributed by atoms with Crippen LogP contribution in [0.15, 0.2) is 23.5 Å². The number of rotatable bonds is 18. The Labute approximate surface area is 185 Å². The van der Waals surface area contributed by atoms with Crippen molar-refractivity contribution >= 4 is 11.9 Å². The molecule has 0 aromatic rings. The molecule has 0 aromatic carbocycles. The molecule has 0 fully saturated rings. The minimum atomic E-state index is -1.46. The van der Waals surface area contributed by atoms with Crippen molar-refractivity contribution in [2.75, 3.05) is 6.61 Å². The SMILES string of the molecule is CCCCCCCC/C=C\CCCCCC[C@@H](C(=O)O)C1=C(O)C(=O)O[C@H]1[C@@H](O)CO. The number of aliphatic carboxylic acids is 1. The van der Waals surface area contributed by atoms with Crippen molar-refractivity contribution in [1.82, 2.24) is 0 Å². The normalized spacial score (nSPS) is 18.5. The summed E-state index contributed by atoms with van der Waals surface area (Å²) in [5, 5.41) is 38.4. The number of ether oxygens (including phenoxy) is 1. The molecule has 178 valence electrons. The molecule has 3 atom stereocenters. The fourth-order valence-electron chi connectivity index (χ4n) is 3.89. The van der Waals surface area contributed by atoms with Crippen LogP contribution >= 0.6 is 0 Å². The summed E-state index contributed by atoms with van der Waals surface area (Å²) in [6, 6.07) is 0. The van der Waals surface area contributed by atoms with E-state index in [1.807, 2.05) is 0 Å². The van der Waals surface area contributed by atoms with Crippen molar-refractivity contribution in [3.8, 4) is 0 Å². The second kappa shape index (κ2) is 15.9. The first kappa shape index (κ1) is 27.2. The number of carboxylic acids is 1. The van der Waals surface area contributed by atoms with Gasteiger partial charge in [-0.25, -0.2) is 4.79 Å². The van der Waals surface area contributed by atoms with E-state index in [-0.39, 0.29) is 12.0 Å². The summed E-state index contributed by atoms with van der Waals surface area (Å²) < 4.78 is 4.85. The average Bonchev–Trinajstić information content (AvgIpc) is 3.04. The molecule has 0 aliphatic carbocycles. The van der Waals surface area contributed by atoms with Gasteiger partial charge in [0.05, 0.1) is 12.5 Å². The quantitative estimate of drug-likeness (QED) is 0.141. The van der Waals surface area contributed by atoms with Gasteiger partial charge in [0.1, 0.15) is 6.10 Å². The van der Waals surface area contributed by atoms with Gasteiger partial charge in [-0.05, 0) is 32.1 Å². The fourth-order valence-corrected chi connectivity index (χ4v) is 3.89. The van der Waals surface area contributed by atoms with Gasteiger partial charge in [0.15, 0.2) is 6.10 Å². The van der Waals surface area contributed by atoms with E-state index in [0.29, 0.717) is 6.42 Å². The molecule has 1 heterocycles. The number of aliphatic hydroxyl groups is 3. The molecule has 0 unspecified atom stereocenters. The van der Waals surface area contributed by atoms with Crippen molar-refractivity contribution in [1.29, 1.82) is 0 Å². The number of unbranched alkanes of at least 4 members (excludes halogenated alkanes) is 10. The third kappa shape index (κ3) is 9.87. The summed E-state index contributed by atoms with van der Waals surface area (Å²) in [7, 11) is 0. The molecule has 0 bridgehead atoms. The molecule has 7 heteroatoms. The smallest absolute Gasteiger partial charge is 0.374 e. The highest BCUT2D eigenvalue weighted by Crippen LogP contribution is 2.33. The van der Waals surface area contributed by atoms with Crippen molar-refractivity contribution in [3.05, 3.63) is 23.5 Å². The number of cyclic esters (lactones) is 1. The van der Waals surface area contributed by atoms with Gasteiger partial charge in [-0.15, -0.1) is 0 Å². The summed E-state index contributed by atoms with van der Waals surface area (Å²) in [5.74, 6) is -4.14. The maximum atomic E-state index is 11.7. The number of carbonyl (C=O) groups excluding carboxylic acids is 1. The number of hydrogen-bond donors (Lipinski definition) is 4. The molecule has 0 saturated carbocycles. The van der Waals surface area contributed by atoms with Crippen LogP contribution in [0.1, 0.15) is 90.4 Å².